The predicted molar refractivity (Wildman–Crippen MR) is 79.0 cm³/mol. The number of aromatic nitrogens is 2. The van der Waals surface area contributed by atoms with Gasteiger partial charge in [0.25, 0.3) is 5.56 Å². The second-order valence-corrected chi connectivity index (χ2v) is 5.85. The Bertz CT molecular complexity index is 568. The first-order valence-electron chi connectivity index (χ1n) is 7.47. The summed E-state index contributed by atoms with van der Waals surface area (Å²) < 4.78 is 0. The van der Waals surface area contributed by atoms with Crippen LogP contribution in [-0.4, -0.2) is 33.6 Å². The molecule has 1 aromatic rings. The summed E-state index contributed by atoms with van der Waals surface area (Å²) in [5.41, 5.74) is 1.10. The fourth-order valence-electron chi connectivity index (χ4n) is 2.86. The molecule has 2 atom stereocenters. The number of aryl methyl sites for hydroxylation is 2. The molecule has 1 saturated carbocycles. The van der Waals surface area contributed by atoms with Crippen molar-refractivity contribution in [2.45, 2.75) is 52.1 Å². The number of nitrogens with zero attached hydrogens (tertiary/aromatic N) is 1. The third kappa shape index (κ3) is 4.39. The molecule has 0 aliphatic heterocycles. The van der Waals surface area contributed by atoms with Gasteiger partial charge in [0.05, 0.1) is 6.10 Å². The molecule has 1 aliphatic rings. The number of nitrogens with one attached hydrogen (secondary N) is 2. The van der Waals surface area contributed by atoms with E-state index in [9.17, 15) is 14.7 Å². The molecule has 0 aromatic carbocycles. The smallest absolute Gasteiger partial charge is 0.254 e. The average molecular weight is 293 g/mol. The second kappa shape index (κ2) is 6.85. The number of carbonyl (C=O) groups excluding carboxylic acids is 1. The van der Waals surface area contributed by atoms with Gasteiger partial charge >= 0.3 is 0 Å². The highest BCUT2D eigenvalue weighted by atomic mass is 16.3. The number of amides is 1. The lowest BCUT2D eigenvalue weighted by atomic mass is 10.1. The molecule has 0 saturated heterocycles. The van der Waals surface area contributed by atoms with Gasteiger partial charge in [0.15, 0.2) is 0 Å². The van der Waals surface area contributed by atoms with Gasteiger partial charge in [-0.2, -0.15) is 0 Å². The number of aliphatic hydroxyl groups is 1. The molecule has 116 valence electrons. The highest BCUT2D eigenvalue weighted by molar-refractivity contribution is 5.76. The molecule has 2 rings (SSSR count). The highest BCUT2D eigenvalue weighted by Gasteiger charge is 2.22. The topological polar surface area (TPSA) is 95.1 Å². The number of aliphatic hydroxyl groups excluding tert-OH is 1. The Balaban J connectivity index is 1.80. The molecule has 3 N–H and O–H groups in total. The van der Waals surface area contributed by atoms with Crippen LogP contribution in [0.4, 0.5) is 0 Å². The van der Waals surface area contributed by atoms with Gasteiger partial charge in [-0.1, -0.05) is 0 Å². The molecule has 1 fully saturated rings. The van der Waals surface area contributed by atoms with Crippen LogP contribution in [0.5, 0.6) is 0 Å². The first-order chi connectivity index (χ1) is 9.95. The molecular weight excluding hydrogens is 270 g/mol. The van der Waals surface area contributed by atoms with Crippen molar-refractivity contribution in [2.24, 2.45) is 5.92 Å². The van der Waals surface area contributed by atoms with Crippen LogP contribution in [0, 0.1) is 19.8 Å². The monoisotopic (exact) mass is 293 g/mol. The SMILES string of the molecule is Cc1nc(C)c(CCC(=O)NCC2CCC(O)C2)c(=O)[nH]1. The summed E-state index contributed by atoms with van der Waals surface area (Å²) in [5, 5.41) is 12.3. The molecule has 6 nitrogen and oxygen atoms in total. The van der Waals surface area contributed by atoms with Crippen molar-refractivity contribution in [3.05, 3.63) is 27.4 Å². The average Bonchev–Trinajstić information content (AvgIpc) is 2.81. The van der Waals surface area contributed by atoms with E-state index in [0.717, 1.165) is 19.3 Å². The van der Waals surface area contributed by atoms with Crippen molar-refractivity contribution in [3.63, 3.8) is 0 Å². The molecule has 0 radical (unpaired) electrons. The molecule has 21 heavy (non-hydrogen) atoms. The van der Waals surface area contributed by atoms with Gasteiger partial charge in [-0.25, -0.2) is 4.98 Å². The Morgan fingerprint density at radius 2 is 2.19 bits per heavy atom. The summed E-state index contributed by atoms with van der Waals surface area (Å²) in [6.07, 6.45) is 3.01. The van der Waals surface area contributed by atoms with Crippen molar-refractivity contribution in [1.29, 1.82) is 0 Å². The number of hydrogen-bond acceptors (Lipinski definition) is 4. The molecule has 1 aromatic heterocycles. The largest absolute Gasteiger partial charge is 0.393 e. The molecule has 1 aliphatic carbocycles. The minimum absolute atomic E-state index is 0.0595. The van der Waals surface area contributed by atoms with Crippen molar-refractivity contribution in [2.75, 3.05) is 6.54 Å². The first kappa shape index (κ1) is 15.7. The Morgan fingerprint density at radius 3 is 2.81 bits per heavy atom. The van der Waals surface area contributed by atoms with Gasteiger partial charge in [-0.15, -0.1) is 0 Å². The van der Waals surface area contributed by atoms with Crippen LogP contribution in [0.25, 0.3) is 0 Å². The van der Waals surface area contributed by atoms with E-state index in [1.807, 2.05) is 0 Å². The maximum Gasteiger partial charge on any atom is 0.254 e. The van der Waals surface area contributed by atoms with Crippen molar-refractivity contribution >= 4 is 5.91 Å². The molecule has 0 bridgehead atoms. The van der Waals surface area contributed by atoms with Gasteiger partial charge in [-0.05, 0) is 45.4 Å². The van der Waals surface area contributed by atoms with E-state index in [4.69, 9.17) is 0 Å². The van der Waals surface area contributed by atoms with Crippen LogP contribution < -0.4 is 10.9 Å². The van der Waals surface area contributed by atoms with Gasteiger partial charge in [0.2, 0.25) is 5.91 Å². The number of hydrogen-bond donors (Lipinski definition) is 3. The van der Waals surface area contributed by atoms with Crippen molar-refractivity contribution in [3.8, 4) is 0 Å². The maximum absolute atomic E-state index is 11.8. The van der Waals surface area contributed by atoms with Crippen molar-refractivity contribution < 1.29 is 9.90 Å². The first-order valence-corrected chi connectivity index (χ1v) is 7.47. The normalized spacial score (nSPS) is 21.5. The molecule has 1 amide bonds. The number of H-pyrrole nitrogens is 1. The van der Waals surface area contributed by atoms with E-state index in [1.165, 1.54) is 0 Å². The molecular formula is C15H23N3O3. The lowest BCUT2D eigenvalue weighted by Crippen LogP contribution is -2.29. The summed E-state index contributed by atoms with van der Waals surface area (Å²) in [6, 6.07) is 0. The van der Waals surface area contributed by atoms with E-state index >= 15 is 0 Å². The minimum Gasteiger partial charge on any atom is -0.393 e. The summed E-state index contributed by atoms with van der Waals surface area (Å²) in [5.74, 6) is 0.899. The number of carbonyl (C=O) groups is 1. The summed E-state index contributed by atoms with van der Waals surface area (Å²) in [7, 11) is 0. The van der Waals surface area contributed by atoms with Gasteiger partial charge in [0.1, 0.15) is 5.82 Å². The summed E-state index contributed by atoms with van der Waals surface area (Å²) >= 11 is 0. The van der Waals surface area contributed by atoms with Crippen molar-refractivity contribution in [1.82, 2.24) is 15.3 Å². The van der Waals surface area contributed by atoms with Gasteiger partial charge in [-0.3, -0.25) is 9.59 Å². The van der Waals surface area contributed by atoms with Crippen LogP contribution in [0.2, 0.25) is 0 Å². The molecule has 6 heteroatoms. The number of rotatable bonds is 5. The summed E-state index contributed by atoms with van der Waals surface area (Å²) in [4.78, 5) is 30.5. The van der Waals surface area contributed by atoms with E-state index in [2.05, 4.69) is 15.3 Å². The van der Waals surface area contributed by atoms with E-state index in [1.54, 1.807) is 13.8 Å². The fourth-order valence-corrected chi connectivity index (χ4v) is 2.86. The minimum atomic E-state index is -0.216. The van der Waals surface area contributed by atoms with E-state index in [-0.39, 0.29) is 24.0 Å². The van der Waals surface area contributed by atoms with E-state index < -0.39 is 0 Å². The molecule has 2 unspecified atom stereocenters. The molecule has 0 spiro atoms. The van der Waals surface area contributed by atoms with Gasteiger partial charge in [0, 0.05) is 24.2 Å². The number of aromatic amines is 1. The third-order valence-electron chi connectivity index (χ3n) is 4.04. The zero-order valence-corrected chi connectivity index (χ0v) is 12.6. The Labute approximate surface area is 124 Å². The van der Waals surface area contributed by atoms with Crippen LogP contribution >= 0.6 is 0 Å². The van der Waals surface area contributed by atoms with Crippen LogP contribution in [0.1, 0.15) is 42.8 Å². The lowest BCUT2D eigenvalue weighted by molar-refractivity contribution is -0.121. The zero-order valence-electron chi connectivity index (χ0n) is 12.6. The van der Waals surface area contributed by atoms with E-state index in [0.29, 0.717) is 36.0 Å². The quantitative estimate of drug-likeness (QED) is 0.740. The van der Waals surface area contributed by atoms with Crippen LogP contribution in [-0.2, 0) is 11.2 Å². The standard InChI is InChI=1S/C15H23N3O3/c1-9-13(15(21)18-10(2)17-9)5-6-14(20)16-8-11-3-4-12(19)7-11/h11-12,19H,3-8H2,1-2H3,(H,16,20)(H,17,18,21). The predicted octanol–water partition coefficient (Wildman–Crippen LogP) is 0.597. The lowest BCUT2D eigenvalue weighted by Gasteiger charge is -2.11. The zero-order chi connectivity index (χ0) is 15.4. The Kier molecular flexibility index (Phi) is 5.12. The fraction of sp³-hybridized carbons (Fsp3) is 0.667. The van der Waals surface area contributed by atoms with Crippen LogP contribution in [0.15, 0.2) is 4.79 Å². The van der Waals surface area contributed by atoms with Crippen LogP contribution in [0.3, 0.4) is 0 Å². The Hall–Kier alpha value is -1.69. The van der Waals surface area contributed by atoms with Gasteiger partial charge < -0.3 is 15.4 Å². The molecule has 1 heterocycles. The Morgan fingerprint density at radius 1 is 1.43 bits per heavy atom. The third-order valence-corrected chi connectivity index (χ3v) is 4.04. The summed E-state index contributed by atoms with van der Waals surface area (Å²) in [6.45, 7) is 4.13. The highest BCUT2D eigenvalue weighted by Crippen LogP contribution is 2.24. The second-order valence-electron chi connectivity index (χ2n) is 5.85. The maximum atomic E-state index is 11.8.